The smallest absolute Gasteiger partial charge is 0.321 e. The Labute approximate surface area is 123 Å². The van der Waals surface area contributed by atoms with Crippen LogP contribution in [-0.4, -0.2) is 27.7 Å². The number of carboxylic acids is 1. The number of fused-ring (bicyclic) bond motifs is 1. The van der Waals surface area contributed by atoms with Gasteiger partial charge in [-0.25, -0.2) is 0 Å². The van der Waals surface area contributed by atoms with Crippen molar-refractivity contribution in [2.24, 2.45) is 11.8 Å². The third-order valence-corrected chi connectivity index (χ3v) is 7.08. The van der Waals surface area contributed by atoms with Crippen molar-refractivity contribution >= 4 is 17.7 Å². The maximum Gasteiger partial charge on any atom is 0.321 e. The van der Waals surface area contributed by atoms with Crippen molar-refractivity contribution in [1.82, 2.24) is 5.32 Å². The van der Waals surface area contributed by atoms with Crippen LogP contribution in [0, 0.1) is 11.8 Å². The van der Waals surface area contributed by atoms with Gasteiger partial charge in [-0.05, 0) is 48.6 Å². The van der Waals surface area contributed by atoms with Gasteiger partial charge < -0.3 is 5.11 Å². The minimum absolute atomic E-state index is 0.00206. The summed E-state index contributed by atoms with van der Waals surface area (Å²) in [6, 6.07) is 8.37. The summed E-state index contributed by atoms with van der Waals surface area (Å²) < 4.78 is 0. The van der Waals surface area contributed by atoms with Crippen LogP contribution in [-0.2, 0) is 17.6 Å². The highest BCUT2D eigenvalue weighted by Crippen LogP contribution is 2.55. The molecule has 20 heavy (non-hydrogen) atoms. The van der Waals surface area contributed by atoms with E-state index in [2.05, 4.69) is 29.6 Å². The Balaban J connectivity index is 1.69. The first-order chi connectivity index (χ1) is 9.69. The summed E-state index contributed by atoms with van der Waals surface area (Å²) >= 11 is 1.87. The van der Waals surface area contributed by atoms with Crippen LogP contribution in [0.1, 0.15) is 24.0 Å². The lowest BCUT2D eigenvalue weighted by Crippen LogP contribution is -2.51. The fraction of sp³-hybridized carbons (Fsp3) is 0.562. The van der Waals surface area contributed by atoms with Crippen LogP contribution in [0.4, 0.5) is 0 Å². The number of carboxylic acid groups (broad SMARTS) is 1. The second-order valence-electron chi connectivity index (χ2n) is 6.29. The van der Waals surface area contributed by atoms with E-state index in [1.165, 1.54) is 24.0 Å². The molecular weight excluding hydrogens is 270 g/mol. The maximum atomic E-state index is 11.3. The normalized spacial score (nSPS) is 38.7. The molecule has 0 amide bonds. The molecule has 1 aromatic rings. The minimum Gasteiger partial charge on any atom is -0.480 e. The molecule has 2 bridgehead atoms. The molecule has 4 rings (SSSR count). The SMILES string of the molecule is O=C(O)C1CSC2(N1)C1CCC2Cc2ccccc2C1. The molecule has 4 heteroatoms. The molecule has 106 valence electrons. The van der Waals surface area contributed by atoms with Gasteiger partial charge in [0.05, 0.1) is 4.87 Å². The van der Waals surface area contributed by atoms with Crippen LogP contribution in [0.15, 0.2) is 24.3 Å². The van der Waals surface area contributed by atoms with Crippen molar-refractivity contribution in [2.45, 2.75) is 36.6 Å². The van der Waals surface area contributed by atoms with Crippen LogP contribution in [0.3, 0.4) is 0 Å². The average Bonchev–Trinajstić information content (AvgIpc) is 2.94. The van der Waals surface area contributed by atoms with Gasteiger partial charge in [-0.15, -0.1) is 11.8 Å². The van der Waals surface area contributed by atoms with E-state index in [1.54, 1.807) is 0 Å². The van der Waals surface area contributed by atoms with Crippen molar-refractivity contribution in [1.29, 1.82) is 0 Å². The lowest BCUT2D eigenvalue weighted by molar-refractivity contribution is -0.139. The first-order valence-electron chi connectivity index (χ1n) is 7.40. The Bertz CT molecular complexity index is 526. The maximum absolute atomic E-state index is 11.3. The molecule has 2 aliphatic carbocycles. The summed E-state index contributed by atoms with van der Waals surface area (Å²) in [4.78, 5) is 11.3. The van der Waals surface area contributed by atoms with Crippen molar-refractivity contribution in [3.05, 3.63) is 35.4 Å². The number of hydrogen-bond donors (Lipinski definition) is 2. The highest BCUT2D eigenvalue weighted by molar-refractivity contribution is 8.01. The zero-order valence-electron chi connectivity index (χ0n) is 11.3. The van der Waals surface area contributed by atoms with Gasteiger partial charge in [-0.1, -0.05) is 24.3 Å². The average molecular weight is 289 g/mol. The van der Waals surface area contributed by atoms with E-state index in [1.807, 2.05) is 11.8 Å². The molecular formula is C16H19NO2S. The number of carbonyl (C=O) groups is 1. The van der Waals surface area contributed by atoms with E-state index in [-0.39, 0.29) is 10.9 Å². The lowest BCUT2D eigenvalue weighted by atomic mass is 9.93. The summed E-state index contributed by atoms with van der Waals surface area (Å²) in [5.74, 6) is 1.16. The van der Waals surface area contributed by atoms with Crippen LogP contribution in [0.5, 0.6) is 0 Å². The van der Waals surface area contributed by atoms with Gasteiger partial charge in [-0.2, -0.15) is 0 Å². The third kappa shape index (κ3) is 1.74. The predicted molar refractivity (Wildman–Crippen MR) is 79.8 cm³/mol. The zero-order chi connectivity index (χ0) is 13.7. The van der Waals surface area contributed by atoms with Crippen LogP contribution < -0.4 is 5.32 Å². The molecule has 1 aliphatic heterocycles. The number of nitrogens with one attached hydrogen (secondary N) is 1. The predicted octanol–water partition coefficient (Wildman–Crippen LogP) is 2.30. The van der Waals surface area contributed by atoms with E-state index in [0.29, 0.717) is 17.6 Å². The molecule has 1 saturated heterocycles. The first-order valence-corrected chi connectivity index (χ1v) is 8.39. The standard InChI is InChI=1S/C16H19NO2S/c18-15(19)14-9-20-16(17-14)12-5-6-13(16)8-11-4-2-1-3-10(11)7-12/h1-4,12-14,17H,5-9H2,(H,18,19). The second-order valence-corrected chi connectivity index (χ2v) is 7.58. The number of thioether (sulfide) groups is 1. The van der Waals surface area contributed by atoms with Gasteiger partial charge in [0.2, 0.25) is 0 Å². The molecule has 3 unspecified atom stereocenters. The van der Waals surface area contributed by atoms with Crippen LogP contribution in [0.2, 0.25) is 0 Å². The Hall–Kier alpha value is -1.00. The Morgan fingerprint density at radius 3 is 2.30 bits per heavy atom. The largest absolute Gasteiger partial charge is 0.480 e. The summed E-state index contributed by atoms with van der Waals surface area (Å²) in [6.45, 7) is 0. The Kier molecular flexibility index (Phi) is 2.86. The number of aliphatic carboxylic acids is 1. The molecule has 3 atom stereocenters. The van der Waals surface area contributed by atoms with E-state index >= 15 is 0 Å². The van der Waals surface area contributed by atoms with E-state index in [9.17, 15) is 9.90 Å². The Morgan fingerprint density at radius 2 is 1.80 bits per heavy atom. The lowest BCUT2D eigenvalue weighted by Gasteiger charge is -2.35. The molecule has 1 spiro atoms. The fourth-order valence-electron chi connectivity index (χ4n) is 4.34. The Morgan fingerprint density at radius 1 is 1.20 bits per heavy atom. The van der Waals surface area contributed by atoms with Crippen molar-refractivity contribution in [3.8, 4) is 0 Å². The minimum atomic E-state index is -0.699. The molecule has 2 N–H and O–H groups in total. The molecule has 3 aliphatic rings. The number of rotatable bonds is 1. The van der Waals surface area contributed by atoms with Gasteiger partial charge in [0.15, 0.2) is 0 Å². The second kappa shape index (κ2) is 4.50. The van der Waals surface area contributed by atoms with Gasteiger partial charge in [0, 0.05) is 5.75 Å². The summed E-state index contributed by atoms with van der Waals surface area (Å²) in [7, 11) is 0. The summed E-state index contributed by atoms with van der Waals surface area (Å²) in [5, 5.41) is 12.8. The topological polar surface area (TPSA) is 49.3 Å². The fourth-order valence-corrected chi connectivity index (χ4v) is 6.11. The monoisotopic (exact) mass is 289 g/mol. The van der Waals surface area contributed by atoms with Crippen LogP contribution in [0.25, 0.3) is 0 Å². The molecule has 0 radical (unpaired) electrons. The number of hydrogen-bond acceptors (Lipinski definition) is 3. The van der Waals surface area contributed by atoms with E-state index in [0.717, 1.165) is 12.8 Å². The van der Waals surface area contributed by atoms with Crippen molar-refractivity contribution < 1.29 is 9.90 Å². The molecule has 1 saturated carbocycles. The highest BCUT2D eigenvalue weighted by atomic mass is 32.2. The molecule has 0 aromatic heterocycles. The molecule has 3 nitrogen and oxygen atoms in total. The van der Waals surface area contributed by atoms with Gasteiger partial charge in [-0.3, -0.25) is 10.1 Å². The van der Waals surface area contributed by atoms with Gasteiger partial charge in [0.25, 0.3) is 0 Å². The molecule has 1 aromatic carbocycles. The number of benzene rings is 1. The highest BCUT2D eigenvalue weighted by Gasteiger charge is 2.56. The van der Waals surface area contributed by atoms with E-state index in [4.69, 9.17) is 0 Å². The van der Waals surface area contributed by atoms with Crippen molar-refractivity contribution in [2.75, 3.05) is 5.75 Å². The van der Waals surface area contributed by atoms with Crippen LogP contribution >= 0.6 is 11.8 Å². The molecule has 2 fully saturated rings. The van der Waals surface area contributed by atoms with Gasteiger partial charge in [0.1, 0.15) is 6.04 Å². The van der Waals surface area contributed by atoms with E-state index < -0.39 is 5.97 Å². The summed E-state index contributed by atoms with van der Waals surface area (Å²) in [5.41, 5.74) is 2.94. The zero-order valence-corrected chi connectivity index (χ0v) is 12.2. The molecule has 1 heterocycles. The van der Waals surface area contributed by atoms with Gasteiger partial charge >= 0.3 is 5.97 Å². The summed E-state index contributed by atoms with van der Waals surface area (Å²) in [6.07, 6.45) is 4.65. The quantitative estimate of drug-likeness (QED) is 0.833. The third-order valence-electron chi connectivity index (χ3n) is 5.31. The first kappa shape index (κ1) is 12.7. The van der Waals surface area contributed by atoms with Crippen molar-refractivity contribution in [3.63, 3.8) is 0 Å².